The minimum atomic E-state index is -3.32. The Bertz CT molecular complexity index is 499. The number of hydrogen-bond donors (Lipinski definition) is 2. The summed E-state index contributed by atoms with van der Waals surface area (Å²) in [6, 6.07) is 6.29. The van der Waals surface area contributed by atoms with Crippen molar-refractivity contribution in [1.29, 1.82) is 0 Å². The van der Waals surface area contributed by atoms with Crippen LogP contribution in [0.4, 0.5) is 5.69 Å². The third-order valence-electron chi connectivity index (χ3n) is 1.87. The summed E-state index contributed by atoms with van der Waals surface area (Å²) in [5.74, 6) is -0.232. The van der Waals surface area contributed by atoms with Gasteiger partial charge in [0.25, 0.3) is 5.91 Å². The third-order valence-corrected chi connectivity index (χ3v) is 3.18. The van der Waals surface area contributed by atoms with Gasteiger partial charge in [-0.25, -0.2) is 8.42 Å². The maximum absolute atomic E-state index is 11.3. The lowest BCUT2D eigenvalue weighted by Gasteiger charge is -2.08. The number of anilines is 1. The van der Waals surface area contributed by atoms with Crippen LogP contribution < -0.4 is 15.2 Å². The average Bonchev–Trinajstić information content (AvgIpc) is 2.26. The van der Waals surface area contributed by atoms with Gasteiger partial charge in [0.1, 0.15) is 5.75 Å². The summed E-state index contributed by atoms with van der Waals surface area (Å²) in [6.07, 6.45) is 0. The van der Waals surface area contributed by atoms with Crippen molar-refractivity contribution < 1.29 is 17.9 Å². The number of carbonyl (C=O) groups excluding carboxylic acids is 1. The number of sulfonamides is 1. The van der Waals surface area contributed by atoms with Gasteiger partial charge in [0.2, 0.25) is 10.0 Å². The lowest BCUT2D eigenvalue weighted by molar-refractivity contribution is -0.119. The van der Waals surface area contributed by atoms with Gasteiger partial charge in [-0.15, -0.1) is 0 Å². The molecule has 0 aliphatic heterocycles. The topological polar surface area (TPSA) is 98.5 Å². The molecule has 1 amide bonds. The van der Waals surface area contributed by atoms with Crippen LogP contribution in [0.3, 0.4) is 0 Å². The zero-order valence-electron chi connectivity index (χ0n) is 9.34. The second-order valence-electron chi connectivity index (χ2n) is 3.29. The van der Waals surface area contributed by atoms with Crippen molar-refractivity contribution in [3.63, 3.8) is 0 Å². The molecule has 0 heterocycles. The number of amides is 1. The van der Waals surface area contributed by atoms with Gasteiger partial charge in [-0.1, -0.05) is 6.07 Å². The summed E-state index contributed by atoms with van der Waals surface area (Å²) in [5, 5.41) is 0. The largest absolute Gasteiger partial charge is 0.484 e. The number of nitrogens with one attached hydrogen (secondary N) is 1. The Balaban J connectivity index is 2.76. The van der Waals surface area contributed by atoms with Crippen LogP contribution in [0.25, 0.3) is 0 Å². The molecule has 1 rings (SSSR count). The van der Waals surface area contributed by atoms with Crippen molar-refractivity contribution in [2.75, 3.05) is 17.1 Å². The third kappa shape index (κ3) is 4.73. The monoisotopic (exact) mass is 258 g/mol. The second-order valence-corrected chi connectivity index (χ2v) is 5.30. The standard InChI is InChI=1S/C10H14N2O4S/c1-2-17(14,15)12-8-4-3-5-9(6-8)16-7-10(11)13/h3-6,12H,2,7H2,1H3,(H2,11,13). The Hall–Kier alpha value is -1.76. The van der Waals surface area contributed by atoms with E-state index in [-0.39, 0.29) is 12.4 Å². The summed E-state index contributed by atoms with van der Waals surface area (Å²) >= 11 is 0. The highest BCUT2D eigenvalue weighted by Gasteiger charge is 2.07. The van der Waals surface area contributed by atoms with E-state index in [0.717, 1.165) is 0 Å². The van der Waals surface area contributed by atoms with Gasteiger partial charge in [0.05, 0.1) is 11.4 Å². The molecule has 94 valence electrons. The van der Waals surface area contributed by atoms with E-state index in [1.165, 1.54) is 13.0 Å². The molecule has 0 aromatic heterocycles. The molecule has 0 aliphatic carbocycles. The zero-order valence-corrected chi connectivity index (χ0v) is 10.2. The lowest BCUT2D eigenvalue weighted by atomic mass is 10.3. The average molecular weight is 258 g/mol. The molecule has 0 atom stereocenters. The SMILES string of the molecule is CCS(=O)(=O)Nc1cccc(OCC(N)=O)c1. The number of benzene rings is 1. The minimum Gasteiger partial charge on any atom is -0.484 e. The molecular weight excluding hydrogens is 244 g/mol. The number of nitrogens with two attached hydrogens (primary N) is 1. The van der Waals surface area contributed by atoms with Crippen LogP contribution in [-0.4, -0.2) is 26.7 Å². The van der Waals surface area contributed by atoms with E-state index >= 15 is 0 Å². The quantitative estimate of drug-likeness (QED) is 0.767. The van der Waals surface area contributed by atoms with Crippen LogP contribution in [-0.2, 0) is 14.8 Å². The van der Waals surface area contributed by atoms with Gasteiger partial charge in [0, 0.05) is 6.07 Å². The van der Waals surface area contributed by atoms with Crippen LogP contribution in [0, 0.1) is 0 Å². The first-order valence-electron chi connectivity index (χ1n) is 4.94. The predicted molar refractivity (Wildman–Crippen MR) is 64.2 cm³/mol. The number of hydrogen-bond acceptors (Lipinski definition) is 4. The highest BCUT2D eigenvalue weighted by atomic mass is 32.2. The Morgan fingerprint density at radius 1 is 1.47 bits per heavy atom. The van der Waals surface area contributed by atoms with Crippen LogP contribution in [0.2, 0.25) is 0 Å². The van der Waals surface area contributed by atoms with Crippen LogP contribution >= 0.6 is 0 Å². The molecule has 6 nitrogen and oxygen atoms in total. The number of carbonyl (C=O) groups is 1. The summed E-state index contributed by atoms with van der Waals surface area (Å²) in [5.41, 5.74) is 5.31. The molecule has 0 unspecified atom stereocenters. The molecule has 0 saturated carbocycles. The molecule has 1 aromatic rings. The van der Waals surface area contributed by atoms with Gasteiger partial charge in [-0.3, -0.25) is 9.52 Å². The van der Waals surface area contributed by atoms with E-state index in [0.29, 0.717) is 11.4 Å². The molecule has 0 bridgehead atoms. The highest BCUT2D eigenvalue weighted by molar-refractivity contribution is 7.92. The maximum atomic E-state index is 11.3. The smallest absolute Gasteiger partial charge is 0.255 e. The number of rotatable bonds is 6. The number of primary amides is 1. The molecule has 0 radical (unpaired) electrons. The predicted octanol–water partition coefficient (Wildman–Crippen LogP) is 0.312. The summed E-state index contributed by atoms with van der Waals surface area (Å²) in [7, 11) is -3.32. The van der Waals surface area contributed by atoms with Gasteiger partial charge >= 0.3 is 0 Å². The Labute approximate surface area is 99.8 Å². The fourth-order valence-corrected chi connectivity index (χ4v) is 1.69. The summed E-state index contributed by atoms with van der Waals surface area (Å²) in [6.45, 7) is 1.29. The zero-order chi connectivity index (χ0) is 12.9. The normalized spacial score (nSPS) is 10.9. The Morgan fingerprint density at radius 3 is 2.76 bits per heavy atom. The molecule has 0 fully saturated rings. The van der Waals surface area contributed by atoms with Crippen molar-refractivity contribution in [1.82, 2.24) is 0 Å². The molecule has 0 aliphatic rings. The molecule has 3 N–H and O–H groups in total. The van der Waals surface area contributed by atoms with Gasteiger partial charge < -0.3 is 10.5 Å². The molecule has 0 saturated heterocycles. The van der Waals surface area contributed by atoms with Crippen molar-refractivity contribution in [2.45, 2.75) is 6.92 Å². The Morgan fingerprint density at radius 2 is 2.18 bits per heavy atom. The van der Waals surface area contributed by atoms with Gasteiger partial charge in [0.15, 0.2) is 6.61 Å². The first-order chi connectivity index (χ1) is 7.93. The summed E-state index contributed by atoms with van der Waals surface area (Å²) < 4.78 is 30.1. The maximum Gasteiger partial charge on any atom is 0.255 e. The fraction of sp³-hybridized carbons (Fsp3) is 0.300. The van der Waals surface area contributed by atoms with Crippen molar-refractivity contribution in [3.8, 4) is 5.75 Å². The van der Waals surface area contributed by atoms with Crippen molar-refractivity contribution in [2.24, 2.45) is 5.73 Å². The van der Waals surface area contributed by atoms with Crippen LogP contribution in [0.15, 0.2) is 24.3 Å². The highest BCUT2D eigenvalue weighted by Crippen LogP contribution is 2.18. The van der Waals surface area contributed by atoms with Crippen molar-refractivity contribution >= 4 is 21.6 Å². The molecular formula is C10H14N2O4S. The van der Waals surface area contributed by atoms with Gasteiger partial charge in [-0.2, -0.15) is 0 Å². The first-order valence-corrected chi connectivity index (χ1v) is 6.60. The molecule has 7 heteroatoms. The van der Waals surface area contributed by atoms with E-state index < -0.39 is 15.9 Å². The van der Waals surface area contributed by atoms with E-state index in [9.17, 15) is 13.2 Å². The van der Waals surface area contributed by atoms with Crippen LogP contribution in [0.1, 0.15) is 6.92 Å². The fourth-order valence-electron chi connectivity index (χ4n) is 1.06. The first kappa shape index (κ1) is 13.3. The number of ether oxygens (including phenoxy) is 1. The van der Waals surface area contributed by atoms with E-state index in [4.69, 9.17) is 10.5 Å². The second kappa shape index (κ2) is 5.53. The minimum absolute atomic E-state index is 0.0145. The molecule has 17 heavy (non-hydrogen) atoms. The van der Waals surface area contributed by atoms with E-state index in [1.807, 2.05) is 0 Å². The van der Waals surface area contributed by atoms with Gasteiger partial charge in [-0.05, 0) is 19.1 Å². The molecule has 1 aromatic carbocycles. The van der Waals surface area contributed by atoms with E-state index in [2.05, 4.69) is 4.72 Å². The molecule has 0 spiro atoms. The summed E-state index contributed by atoms with van der Waals surface area (Å²) in [4.78, 5) is 10.5. The lowest BCUT2D eigenvalue weighted by Crippen LogP contribution is -2.20. The van der Waals surface area contributed by atoms with Crippen LogP contribution in [0.5, 0.6) is 5.75 Å². The van der Waals surface area contributed by atoms with E-state index in [1.54, 1.807) is 18.2 Å². The van der Waals surface area contributed by atoms with Crippen molar-refractivity contribution in [3.05, 3.63) is 24.3 Å². The Kier molecular flexibility index (Phi) is 4.33.